The zero-order valence-electron chi connectivity index (χ0n) is 25.3. The normalized spacial score (nSPS) is 26.7. The van der Waals surface area contributed by atoms with Crippen molar-refractivity contribution in [3.63, 3.8) is 0 Å². The number of benzene rings is 4. The topological polar surface area (TPSA) is 27.7 Å². The molecule has 0 N–H and O–H groups in total. The molecule has 280 valence electrons. The quantitative estimate of drug-likeness (QED) is 0.150. The van der Waals surface area contributed by atoms with Crippen molar-refractivity contribution in [2.45, 2.75) is 53.3 Å². The summed E-state index contributed by atoms with van der Waals surface area (Å²) in [5, 5.41) is -3.70. The predicted octanol–water partition coefficient (Wildman–Crippen LogP) is 10.4. The number of rotatable bonds is 2. The van der Waals surface area contributed by atoms with Gasteiger partial charge < -0.3 is 0 Å². The number of fused-ring (bicyclic) bond motifs is 2. The van der Waals surface area contributed by atoms with Crippen molar-refractivity contribution in [3.05, 3.63) is 131 Å². The second kappa shape index (κ2) is 9.81. The Morgan fingerprint density at radius 2 is 0.750 bits per heavy atom. The fraction of sp³-hybridized carbons (Fsp3) is 0.273. The average molecular weight is 779 g/mol. The number of hydrogen-bond donors (Lipinski definition) is 0. The van der Waals surface area contributed by atoms with Gasteiger partial charge in [0.05, 0.1) is 0 Å². The van der Waals surface area contributed by atoms with Crippen molar-refractivity contribution in [2.75, 3.05) is 0 Å². The van der Waals surface area contributed by atoms with Gasteiger partial charge in [-0.2, -0.15) is 0 Å². The van der Waals surface area contributed by atoms with Gasteiger partial charge in [-0.25, -0.2) is 0 Å². The molecule has 2 atom stereocenters. The van der Waals surface area contributed by atoms with E-state index in [-0.39, 0.29) is 24.3 Å². The van der Waals surface area contributed by atoms with E-state index >= 15 is 65.9 Å². The molecular weight excluding hydrogens is 760 g/mol. The molecular formula is C33H19F15O3P-. The van der Waals surface area contributed by atoms with Crippen LogP contribution in [0.5, 0.6) is 0 Å². The van der Waals surface area contributed by atoms with Gasteiger partial charge in [0.1, 0.15) is 0 Å². The van der Waals surface area contributed by atoms with Gasteiger partial charge in [-0.15, -0.1) is 0 Å². The summed E-state index contributed by atoms with van der Waals surface area (Å²) in [4.78, 5) is 0. The Kier molecular flexibility index (Phi) is 6.89. The van der Waals surface area contributed by atoms with Gasteiger partial charge in [-0.1, -0.05) is 0 Å². The second-order valence-electron chi connectivity index (χ2n) is 12.5. The van der Waals surface area contributed by atoms with E-state index in [2.05, 4.69) is 0 Å². The van der Waals surface area contributed by atoms with Crippen molar-refractivity contribution in [2.24, 2.45) is 0 Å². The van der Waals surface area contributed by atoms with Crippen LogP contribution in [-0.4, -0.2) is 30.9 Å². The molecule has 4 aromatic carbocycles. The van der Waals surface area contributed by atoms with E-state index in [4.69, 9.17) is 13.6 Å². The Labute approximate surface area is 281 Å². The second-order valence-corrected chi connectivity index (χ2v) is 17.5. The van der Waals surface area contributed by atoms with Gasteiger partial charge in [0, 0.05) is 0 Å². The summed E-state index contributed by atoms with van der Waals surface area (Å²) < 4.78 is 249. The van der Waals surface area contributed by atoms with Crippen LogP contribution in [0.4, 0.5) is 65.9 Å². The van der Waals surface area contributed by atoms with E-state index in [1.165, 1.54) is 0 Å². The third-order valence-electron chi connectivity index (χ3n) is 10.0. The third-order valence-corrected chi connectivity index (χ3v) is 17.0. The molecule has 0 saturated carbocycles. The van der Waals surface area contributed by atoms with E-state index in [1.807, 2.05) is 0 Å². The first-order chi connectivity index (χ1) is 23.8. The number of halogens is 15. The fourth-order valence-corrected chi connectivity index (χ4v) is 17.5. The van der Waals surface area contributed by atoms with E-state index in [0.717, 1.165) is 36.4 Å². The zero-order valence-corrected chi connectivity index (χ0v) is 26.2. The van der Waals surface area contributed by atoms with Gasteiger partial charge in [0.15, 0.2) is 0 Å². The Hall–Kier alpha value is -3.86. The number of hydrogen-bond acceptors (Lipinski definition) is 3. The molecule has 3 nitrogen and oxygen atoms in total. The molecule has 0 radical (unpaired) electrons. The molecule has 0 aromatic heterocycles. The first-order valence-electron chi connectivity index (χ1n) is 14.8. The first-order valence-corrected chi connectivity index (χ1v) is 17.3. The van der Waals surface area contributed by atoms with Crippen LogP contribution in [0.15, 0.2) is 109 Å². The summed E-state index contributed by atoms with van der Waals surface area (Å²) >= 11 is 0. The Morgan fingerprint density at radius 3 is 1.12 bits per heavy atom. The molecule has 7 rings (SSSR count). The monoisotopic (exact) mass is 779 g/mol. The van der Waals surface area contributed by atoms with Crippen LogP contribution in [0, 0.1) is 0 Å². The van der Waals surface area contributed by atoms with Crippen molar-refractivity contribution < 1.29 is 79.4 Å². The minimum absolute atomic E-state index is 0.0443. The average Bonchev–Trinajstić information content (AvgIpc) is 3.47. The molecule has 19 heteroatoms. The Balaban J connectivity index is 1.86. The number of alkyl halides is 15. The molecule has 4 aromatic rings. The molecule has 52 heavy (non-hydrogen) atoms. The Morgan fingerprint density at radius 1 is 0.404 bits per heavy atom. The summed E-state index contributed by atoms with van der Waals surface area (Å²) in [5.41, 5.74) is -26.1. The summed E-state index contributed by atoms with van der Waals surface area (Å²) in [6.07, 6.45) is -33.4. The van der Waals surface area contributed by atoms with E-state index in [9.17, 15) is 0 Å². The van der Waals surface area contributed by atoms with Gasteiger partial charge in [0.25, 0.3) is 0 Å². The van der Waals surface area contributed by atoms with Crippen LogP contribution in [0.3, 0.4) is 0 Å². The van der Waals surface area contributed by atoms with E-state index in [0.29, 0.717) is 48.5 Å². The predicted molar refractivity (Wildman–Crippen MR) is 153 cm³/mol. The van der Waals surface area contributed by atoms with Crippen molar-refractivity contribution in [3.8, 4) is 0 Å². The molecule has 1 fully saturated rings. The maximum atomic E-state index is 16.0. The van der Waals surface area contributed by atoms with E-state index < -0.39 is 92.8 Å². The molecule has 3 aliphatic rings. The fourth-order valence-electron chi connectivity index (χ4n) is 8.47. The summed E-state index contributed by atoms with van der Waals surface area (Å²) in [5.74, 6) is 0. The molecule has 0 aliphatic carbocycles. The minimum atomic E-state index is -9.21. The molecule has 0 bridgehead atoms. The maximum absolute atomic E-state index is 16.0. The molecule has 3 aliphatic heterocycles. The van der Waals surface area contributed by atoms with Crippen LogP contribution in [0.1, 0.15) is 27.9 Å². The molecule has 1 saturated heterocycles. The third kappa shape index (κ3) is 3.62. The van der Waals surface area contributed by atoms with Crippen LogP contribution >= 0.6 is 6.63 Å². The van der Waals surface area contributed by atoms with Crippen molar-refractivity contribution >= 4 is 17.2 Å². The molecule has 3 heterocycles. The van der Waals surface area contributed by atoms with Crippen LogP contribution in [0.2, 0.25) is 0 Å². The van der Waals surface area contributed by atoms with Crippen LogP contribution < -0.4 is 10.6 Å². The standard InChI is InChI=1S/C33H19F15O3P/c34-29(35,36)26(20-13-5-2-6-14-20)25(19-11-3-1-4-12-19)52(49-26,23-17-9-7-15-21(23)27(50-52,30(37,38)39)31(40,41)42)24-18-10-8-16-22(24)28(51-52,32(43,44)45)33(46,47)48/h1-18,25H/q-1. The van der Waals surface area contributed by atoms with Crippen LogP contribution in [0.25, 0.3) is 0 Å². The van der Waals surface area contributed by atoms with Crippen molar-refractivity contribution in [1.29, 1.82) is 0 Å². The van der Waals surface area contributed by atoms with Gasteiger partial charge in [-0.3, -0.25) is 0 Å². The van der Waals surface area contributed by atoms with Crippen molar-refractivity contribution in [1.82, 2.24) is 0 Å². The molecule has 1 spiro atoms. The summed E-state index contributed by atoms with van der Waals surface area (Å²) in [6.45, 7) is -9.21. The SMILES string of the molecule is FC(F)(F)C1(c2ccccc2)O[P-]23(OC(C(F)(F)F)(C(F)(F)F)c4ccccc42)(OC(C(F)(F)F)(C(F)(F)F)c2ccccc23)C1c1ccccc1. The Bertz CT molecular complexity index is 1970. The van der Waals surface area contributed by atoms with Gasteiger partial charge in [0.2, 0.25) is 0 Å². The molecule has 2 unspecified atom stereocenters. The van der Waals surface area contributed by atoms with Crippen LogP contribution in [-0.2, 0) is 30.4 Å². The summed E-state index contributed by atoms with van der Waals surface area (Å²) in [7, 11) is 0. The molecule has 0 amide bonds. The first kappa shape index (κ1) is 36.5. The van der Waals surface area contributed by atoms with Gasteiger partial charge in [-0.05, 0) is 0 Å². The van der Waals surface area contributed by atoms with Gasteiger partial charge >= 0.3 is 281 Å². The summed E-state index contributed by atoms with van der Waals surface area (Å²) in [6, 6.07) is 11.5. The van der Waals surface area contributed by atoms with E-state index in [1.54, 1.807) is 0 Å². The zero-order chi connectivity index (χ0) is 38.3.